The largest absolute Gasteiger partial charge is 0.336 e. The number of aromatic nitrogens is 4. The highest BCUT2D eigenvalue weighted by Crippen LogP contribution is 2.17. The summed E-state index contributed by atoms with van der Waals surface area (Å²) in [5, 5.41) is 1.29. The van der Waals surface area contributed by atoms with Crippen LogP contribution in [-0.2, 0) is 6.54 Å². The molecule has 4 aromatic heterocycles. The molecule has 0 saturated carbocycles. The summed E-state index contributed by atoms with van der Waals surface area (Å²) in [6.07, 6.45) is 7.99. The summed E-state index contributed by atoms with van der Waals surface area (Å²) >= 11 is 0. The van der Waals surface area contributed by atoms with E-state index in [9.17, 15) is 9.59 Å². The minimum absolute atomic E-state index is 0.205. The molecule has 0 aromatic carbocycles. The van der Waals surface area contributed by atoms with E-state index < -0.39 is 0 Å². The fraction of sp³-hybridized carbons (Fsp3) is 0.0588. The van der Waals surface area contributed by atoms with Crippen LogP contribution in [0.1, 0.15) is 5.56 Å². The summed E-state index contributed by atoms with van der Waals surface area (Å²) in [5.74, 6) is 5.59. The van der Waals surface area contributed by atoms with Crippen LogP contribution in [0.5, 0.6) is 0 Å². The summed E-state index contributed by atoms with van der Waals surface area (Å²) in [6.45, 7) is 0.396. The fourth-order valence-electron chi connectivity index (χ4n) is 2.78. The van der Waals surface area contributed by atoms with Crippen LogP contribution in [0, 0.1) is 0 Å². The predicted octanol–water partition coefficient (Wildman–Crippen LogP) is 0.868. The van der Waals surface area contributed by atoms with Gasteiger partial charge in [0.1, 0.15) is 0 Å². The van der Waals surface area contributed by atoms with E-state index >= 15 is 0 Å². The van der Waals surface area contributed by atoms with Crippen LogP contribution >= 0.6 is 0 Å². The summed E-state index contributed by atoms with van der Waals surface area (Å²) < 4.78 is 2.56. The van der Waals surface area contributed by atoms with Gasteiger partial charge in [0.15, 0.2) is 0 Å². The maximum Gasteiger partial charge on any atom is 0.278 e. The maximum absolute atomic E-state index is 12.9. The highest BCUT2D eigenvalue weighted by atomic mass is 16.1. The van der Waals surface area contributed by atoms with E-state index in [1.54, 1.807) is 35.3 Å². The average Bonchev–Trinajstić information content (AvgIpc) is 2.61. The third-order valence-electron chi connectivity index (χ3n) is 3.98. The number of hydrogen-bond donors (Lipinski definition) is 1. The molecule has 0 saturated heterocycles. The lowest BCUT2D eigenvalue weighted by Gasteiger charge is -2.09. The predicted molar refractivity (Wildman–Crippen MR) is 91.3 cm³/mol. The molecule has 7 nitrogen and oxygen atoms in total. The molecule has 4 rings (SSSR count). The van der Waals surface area contributed by atoms with Gasteiger partial charge < -0.3 is 10.4 Å². The van der Waals surface area contributed by atoms with Crippen LogP contribution in [0.25, 0.3) is 21.7 Å². The molecule has 24 heavy (non-hydrogen) atoms. The number of pyridine rings is 4. The molecule has 0 aliphatic heterocycles. The monoisotopic (exact) mass is 319 g/mol. The second-order valence-corrected chi connectivity index (χ2v) is 5.48. The first-order valence-electron chi connectivity index (χ1n) is 7.32. The smallest absolute Gasteiger partial charge is 0.278 e. The Kier molecular flexibility index (Phi) is 3.13. The van der Waals surface area contributed by atoms with Gasteiger partial charge in [-0.1, -0.05) is 6.07 Å². The van der Waals surface area contributed by atoms with Crippen molar-refractivity contribution in [3.8, 4) is 0 Å². The summed E-state index contributed by atoms with van der Waals surface area (Å²) in [7, 11) is 0. The van der Waals surface area contributed by atoms with Gasteiger partial charge in [-0.2, -0.15) is 0 Å². The molecular weight excluding hydrogens is 306 g/mol. The Morgan fingerprint density at radius 1 is 1.00 bits per heavy atom. The summed E-state index contributed by atoms with van der Waals surface area (Å²) in [4.78, 5) is 33.3. The van der Waals surface area contributed by atoms with Crippen LogP contribution in [0.15, 0.2) is 64.8 Å². The number of nitrogen functional groups attached to an aromatic ring is 1. The minimum Gasteiger partial charge on any atom is -0.336 e. The number of nitrogens with zero attached hydrogens (tertiary/aromatic N) is 4. The van der Waals surface area contributed by atoms with Crippen LogP contribution < -0.4 is 17.0 Å². The van der Waals surface area contributed by atoms with Crippen LogP contribution in [-0.4, -0.2) is 19.2 Å². The van der Waals surface area contributed by atoms with Crippen molar-refractivity contribution in [3.63, 3.8) is 0 Å². The Hall–Kier alpha value is -3.48. The van der Waals surface area contributed by atoms with Crippen LogP contribution in [0.2, 0.25) is 0 Å². The van der Waals surface area contributed by atoms with E-state index in [0.717, 1.165) is 10.2 Å². The zero-order chi connectivity index (χ0) is 16.7. The van der Waals surface area contributed by atoms with Gasteiger partial charge in [-0.15, -0.1) is 0 Å². The molecule has 0 aliphatic carbocycles. The van der Waals surface area contributed by atoms with Crippen molar-refractivity contribution >= 4 is 21.7 Å². The first kappa shape index (κ1) is 14.1. The van der Waals surface area contributed by atoms with Crippen LogP contribution in [0.4, 0.5) is 0 Å². The molecule has 0 radical (unpaired) electrons. The second-order valence-electron chi connectivity index (χ2n) is 5.48. The van der Waals surface area contributed by atoms with E-state index in [2.05, 4.69) is 9.97 Å². The van der Waals surface area contributed by atoms with E-state index in [1.165, 1.54) is 12.4 Å². The van der Waals surface area contributed by atoms with Gasteiger partial charge in [0.2, 0.25) is 0 Å². The third-order valence-corrected chi connectivity index (χ3v) is 3.98. The number of nitrogens with two attached hydrogens (primary N) is 1. The zero-order valence-corrected chi connectivity index (χ0v) is 12.6. The SMILES string of the molecule is Nn1ccc2c(cnc3ccn(Cc4cccnc4)c(=O)c32)c1=O. The lowest BCUT2D eigenvalue weighted by Crippen LogP contribution is -2.27. The molecule has 0 amide bonds. The molecule has 7 heteroatoms. The first-order chi connectivity index (χ1) is 11.6. The normalized spacial score (nSPS) is 11.2. The van der Waals surface area contributed by atoms with E-state index in [0.29, 0.717) is 28.2 Å². The van der Waals surface area contributed by atoms with Crippen molar-refractivity contribution in [1.82, 2.24) is 19.2 Å². The number of hydrogen-bond acceptors (Lipinski definition) is 5. The van der Waals surface area contributed by atoms with Gasteiger partial charge in [0.25, 0.3) is 11.1 Å². The van der Waals surface area contributed by atoms with Gasteiger partial charge in [-0.3, -0.25) is 19.6 Å². The van der Waals surface area contributed by atoms with E-state index in [4.69, 9.17) is 5.84 Å². The lowest BCUT2D eigenvalue weighted by atomic mass is 10.1. The van der Waals surface area contributed by atoms with Crippen molar-refractivity contribution < 1.29 is 0 Å². The molecule has 0 aliphatic rings. The van der Waals surface area contributed by atoms with Crippen molar-refractivity contribution in [3.05, 3.63) is 81.5 Å². The molecule has 4 heterocycles. The molecule has 0 spiro atoms. The highest BCUT2D eigenvalue weighted by Gasteiger charge is 2.11. The Morgan fingerprint density at radius 2 is 1.88 bits per heavy atom. The topological polar surface area (TPSA) is 95.8 Å². The third kappa shape index (κ3) is 2.14. The summed E-state index contributed by atoms with van der Waals surface area (Å²) in [6, 6.07) is 7.15. The van der Waals surface area contributed by atoms with Crippen molar-refractivity contribution in [2.45, 2.75) is 6.54 Å². The Bertz CT molecular complexity index is 1180. The highest BCUT2D eigenvalue weighted by molar-refractivity contribution is 6.04. The molecule has 0 bridgehead atoms. The van der Waals surface area contributed by atoms with Gasteiger partial charge in [-0.05, 0) is 23.8 Å². The van der Waals surface area contributed by atoms with Gasteiger partial charge in [0.05, 0.1) is 22.8 Å². The number of fused-ring (bicyclic) bond motifs is 3. The van der Waals surface area contributed by atoms with Gasteiger partial charge in [0, 0.05) is 36.4 Å². The van der Waals surface area contributed by atoms with Crippen molar-refractivity contribution in [2.24, 2.45) is 0 Å². The molecular formula is C17H13N5O2. The Labute approximate surface area is 135 Å². The number of rotatable bonds is 2. The molecule has 0 atom stereocenters. The zero-order valence-electron chi connectivity index (χ0n) is 12.6. The van der Waals surface area contributed by atoms with Gasteiger partial charge in [-0.25, -0.2) is 4.68 Å². The Morgan fingerprint density at radius 3 is 2.67 bits per heavy atom. The maximum atomic E-state index is 12.9. The Balaban J connectivity index is 2.01. The quantitative estimate of drug-likeness (QED) is 0.437. The molecule has 0 unspecified atom stereocenters. The lowest BCUT2D eigenvalue weighted by molar-refractivity contribution is 0.764. The minimum atomic E-state index is -0.385. The molecule has 2 N–H and O–H groups in total. The molecule has 0 fully saturated rings. The summed E-state index contributed by atoms with van der Waals surface area (Å²) in [5.41, 5.74) is 0.869. The second kappa shape index (κ2) is 5.31. The molecule has 4 aromatic rings. The standard InChI is InChI=1S/C17H13N5O2/c18-22-7-3-12-13(16(22)23)9-20-14-4-6-21(17(24)15(12)14)10-11-2-1-5-19-8-11/h1-9H,10,18H2. The average molecular weight is 319 g/mol. The molecule has 118 valence electrons. The van der Waals surface area contributed by atoms with E-state index in [-0.39, 0.29) is 11.1 Å². The van der Waals surface area contributed by atoms with Crippen molar-refractivity contribution in [2.75, 3.05) is 5.84 Å². The van der Waals surface area contributed by atoms with Crippen molar-refractivity contribution in [1.29, 1.82) is 0 Å². The van der Waals surface area contributed by atoms with E-state index in [1.807, 2.05) is 12.1 Å². The fourth-order valence-corrected chi connectivity index (χ4v) is 2.78. The first-order valence-corrected chi connectivity index (χ1v) is 7.32. The van der Waals surface area contributed by atoms with Crippen LogP contribution in [0.3, 0.4) is 0 Å². The van der Waals surface area contributed by atoms with Gasteiger partial charge >= 0.3 is 0 Å².